The van der Waals surface area contributed by atoms with Crippen LogP contribution in [0.25, 0.3) is 0 Å². The summed E-state index contributed by atoms with van der Waals surface area (Å²) in [6.45, 7) is 20.6. The molecule has 1 heteroatoms. The van der Waals surface area contributed by atoms with Crippen molar-refractivity contribution < 1.29 is 0 Å². The number of anilines is 3. The fraction of sp³-hybridized carbons (Fsp3) is 0.455. The second-order valence-corrected chi connectivity index (χ2v) is 12.5. The topological polar surface area (TPSA) is 3.24 Å². The molecule has 0 heterocycles. The quantitative estimate of drug-likeness (QED) is 0.342. The third-order valence-corrected chi connectivity index (χ3v) is 7.05. The number of hydrogen-bond acceptors (Lipinski definition) is 1. The second kappa shape index (κ2) is 9.98. The number of nitrogens with zero attached hydrogens (tertiary/aromatic N) is 1. The summed E-state index contributed by atoms with van der Waals surface area (Å²) in [4.78, 5) is 2.38. The van der Waals surface area contributed by atoms with Crippen molar-refractivity contribution in [2.24, 2.45) is 0 Å². The summed E-state index contributed by atoms with van der Waals surface area (Å²) >= 11 is 0. The fourth-order valence-electron chi connectivity index (χ4n) is 4.49. The van der Waals surface area contributed by atoms with E-state index in [-0.39, 0.29) is 16.2 Å². The molecule has 3 rings (SSSR count). The first-order valence-corrected chi connectivity index (χ1v) is 12.9. The monoisotopic (exact) mass is 455 g/mol. The molecule has 34 heavy (non-hydrogen) atoms. The molecule has 0 unspecified atom stereocenters. The van der Waals surface area contributed by atoms with Gasteiger partial charge in [-0.3, -0.25) is 0 Å². The zero-order valence-electron chi connectivity index (χ0n) is 23.0. The summed E-state index contributed by atoms with van der Waals surface area (Å²) in [5.41, 5.74) is 8.18. The highest BCUT2D eigenvalue weighted by Crippen LogP contribution is 2.38. The molecule has 0 aliphatic rings. The van der Waals surface area contributed by atoms with Gasteiger partial charge in [0.1, 0.15) is 0 Å². The van der Waals surface area contributed by atoms with Crippen LogP contribution in [0.4, 0.5) is 17.1 Å². The van der Waals surface area contributed by atoms with E-state index in [1.54, 1.807) is 0 Å². The van der Waals surface area contributed by atoms with Crippen LogP contribution in [0.15, 0.2) is 72.8 Å². The van der Waals surface area contributed by atoms with Crippen molar-refractivity contribution >= 4 is 17.1 Å². The van der Waals surface area contributed by atoms with Crippen LogP contribution in [0.2, 0.25) is 0 Å². The van der Waals surface area contributed by atoms with Crippen LogP contribution in [0.1, 0.15) is 98.3 Å². The van der Waals surface area contributed by atoms with Crippen LogP contribution >= 0.6 is 0 Å². The average Bonchev–Trinajstić information content (AvgIpc) is 2.78. The van der Waals surface area contributed by atoms with Crippen molar-refractivity contribution in [1.82, 2.24) is 0 Å². The third-order valence-electron chi connectivity index (χ3n) is 7.05. The zero-order valence-corrected chi connectivity index (χ0v) is 23.0. The maximum atomic E-state index is 2.38. The van der Waals surface area contributed by atoms with Crippen LogP contribution < -0.4 is 4.90 Å². The zero-order chi connectivity index (χ0) is 25.1. The van der Waals surface area contributed by atoms with E-state index in [9.17, 15) is 0 Å². The van der Waals surface area contributed by atoms with Gasteiger partial charge in [-0.15, -0.1) is 0 Å². The first-order chi connectivity index (χ1) is 15.8. The largest absolute Gasteiger partial charge is 0.311 e. The molecule has 0 N–H and O–H groups in total. The van der Waals surface area contributed by atoms with Gasteiger partial charge in [0.05, 0.1) is 0 Å². The van der Waals surface area contributed by atoms with Gasteiger partial charge in [-0.05, 0) is 75.8 Å². The highest BCUT2D eigenvalue weighted by Gasteiger charge is 2.22. The molecule has 0 aliphatic carbocycles. The van der Waals surface area contributed by atoms with Gasteiger partial charge >= 0.3 is 0 Å². The van der Waals surface area contributed by atoms with E-state index in [0.29, 0.717) is 0 Å². The summed E-state index contributed by atoms with van der Waals surface area (Å²) in [6, 6.07) is 27.4. The van der Waals surface area contributed by atoms with Gasteiger partial charge in [0.25, 0.3) is 0 Å². The maximum absolute atomic E-state index is 2.38. The number of rotatable bonds is 7. The minimum atomic E-state index is 0.142. The molecule has 3 aromatic rings. The Balaban J connectivity index is 2.03. The summed E-state index contributed by atoms with van der Waals surface area (Å²) in [7, 11) is 0. The number of benzene rings is 3. The maximum Gasteiger partial charge on any atom is 0.0461 e. The summed E-state index contributed by atoms with van der Waals surface area (Å²) < 4.78 is 0. The fourth-order valence-corrected chi connectivity index (χ4v) is 4.49. The Bertz CT molecular complexity index is 983. The predicted octanol–water partition coefficient (Wildman–Crippen LogP) is 10.2. The Kier molecular flexibility index (Phi) is 7.65. The van der Waals surface area contributed by atoms with E-state index in [1.165, 1.54) is 53.0 Å². The molecule has 0 fully saturated rings. The van der Waals surface area contributed by atoms with E-state index >= 15 is 0 Å². The van der Waals surface area contributed by atoms with E-state index in [0.717, 1.165) is 0 Å². The first kappa shape index (κ1) is 26.1. The second-order valence-electron chi connectivity index (χ2n) is 12.5. The first-order valence-electron chi connectivity index (χ1n) is 12.9. The molecular weight excluding hydrogens is 410 g/mol. The van der Waals surface area contributed by atoms with Crippen LogP contribution in [0.3, 0.4) is 0 Å². The SMILES string of the molecule is CCCCC(C)(C)c1ccc(N(c2ccc(C(C)(C)C)cc2)c2ccc(C(C)(C)C)cc2)cc1. The number of hydrogen-bond donors (Lipinski definition) is 0. The van der Waals surface area contributed by atoms with Crippen LogP contribution in [0, 0.1) is 0 Å². The molecule has 0 atom stereocenters. The molecule has 0 spiro atoms. The van der Waals surface area contributed by atoms with Crippen molar-refractivity contribution in [1.29, 1.82) is 0 Å². The minimum absolute atomic E-state index is 0.142. The van der Waals surface area contributed by atoms with Crippen molar-refractivity contribution in [2.75, 3.05) is 4.90 Å². The lowest BCUT2D eigenvalue weighted by Gasteiger charge is -2.29. The smallest absolute Gasteiger partial charge is 0.0461 e. The molecule has 0 saturated carbocycles. The van der Waals surface area contributed by atoms with Crippen molar-refractivity contribution in [3.8, 4) is 0 Å². The van der Waals surface area contributed by atoms with Crippen LogP contribution in [-0.4, -0.2) is 0 Å². The Labute approximate surface area is 209 Å². The highest BCUT2D eigenvalue weighted by atomic mass is 15.1. The molecule has 0 amide bonds. The normalized spacial score (nSPS) is 12.6. The lowest BCUT2D eigenvalue weighted by molar-refractivity contribution is 0.458. The minimum Gasteiger partial charge on any atom is -0.311 e. The van der Waals surface area contributed by atoms with Crippen molar-refractivity contribution in [3.05, 3.63) is 89.5 Å². The number of unbranched alkanes of at least 4 members (excludes halogenated alkanes) is 1. The van der Waals surface area contributed by atoms with Gasteiger partial charge in [-0.2, -0.15) is 0 Å². The average molecular weight is 456 g/mol. The predicted molar refractivity (Wildman–Crippen MR) is 151 cm³/mol. The van der Waals surface area contributed by atoms with Crippen molar-refractivity contribution in [3.63, 3.8) is 0 Å². The van der Waals surface area contributed by atoms with Crippen molar-refractivity contribution in [2.45, 2.75) is 97.8 Å². The van der Waals surface area contributed by atoms with Gasteiger partial charge < -0.3 is 4.90 Å². The van der Waals surface area contributed by atoms with E-state index in [4.69, 9.17) is 0 Å². The molecule has 1 nitrogen and oxygen atoms in total. The van der Waals surface area contributed by atoms with E-state index in [1.807, 2.05) is 0 Å². The highest BCUT2D eigenvalue weighted by molar-refractivity contribution is 5.77. The third kappa shape index (κ3) is 6.12. The molecule has 0 bridgehead atoms. The van der Waals surface area contributed by atoms with Crippen LogP contribution in [0.5, 0.6) is 0 Å². The van der Waals surface area contributed by atoms with Gasteiger partial charge in [-0.1, -0.05) is 112 Å². The Morgan fingerprint density at radius 2 is 0.824 bits per heavy atom. The Morgan fingerprint density at radius 1 is 0.500 bits per heavy atom. The Hall–Kier alpha value is -2.54. The molecular formula is C33H45N. The summed E-state index contributed by atoms with van der Waals surface area (Å²) in [5, 5.41) is 0. The molecule has 182 valence electrons. The lowest BCUT2D eigenvalue weighted by Crippen LogP contribution is -2.17. The molecule has 0 saturated heterocycles. The molecule has 0 radical (unpaired) electrons. The van der Waals surface area contributed by atoms with Gasteiger partial charge in [0.2, 0.25) is 0 Å². The van der Waals surface area contributed by atoms with E-state index < -0.39 is 0 Å². The lowest BCUT2D eigenvalue weighted by atomic mass is 9.80. The van der Waals surface area contributed by atoms with E-state index in [2.05, 4.69) is 140 Å². The molecule has 0 aromatic heterocycles. The molecule has 0 aliphatic heterocycles. The Morgan fingerprint density at radius 3 is 1.12 bits per heavy atom. The van der Waals surface area contributed by atoms with Gasteiger partial charge in [0, 0.05) is 17.1 Å². The molecule has 3 aromatic carbocycles. The van der Waals surface area contributed by atoms with Crippen LogP contribution in [-0.2, 0) is 16.2 Å². The summed E-state index contributed by atoms with van der Waals surface area (Å²) in [6.07, 6.45) is 3.72. The van der Waals surface area contributed by atoms with Gasteiger partial charge in [-0.25, -0.2) is 0 Å². The summed E-state index contributed by atoms with van der Waals surface area (Å²) in [5.74, 6) is 0. The standard InChI is InChI=1S/C33H45N/c1-10-11-24-33(8,9)27-16-22-30(23-17-27)34(28-18-12-25(13-19-28)31(2,3)4)29-20-14-26(15-21-29)32(5,6)7/h12-23H,10-11,24H2,1-9H3. The van der Waals surface area contributed by atoms with Gasteiger partial charge in [0.15, 0.2) is 0 Å².